The van der Waals surface area contributed by atoms with Crippen LogP contribution in [0.3, 0.4) is 0 Å². The summed E-state index contributed by atoms with van der Waals surface area (Å²) in [6.45, 7) is 0.682. The third-order valence-corrected chi connectivity index (χ3v) is 4.21. The van der Waals surface area contributed by atoms with E-state index in [4.69, 9.17) is 4.74 Å². The Morgan fingerprint density at radius 2 is 1.63 bits per heavy atom. The number of hydrogen-bond donors (Lipinski definition) is 1. The Balaban J connectivity index is 1.37. The molecule has 0 aliphatic carbocycles. The standard InChI is InChI=1S/C22H18FN3O/c23-17-8-11-21-20(14-17)22(26-15-25-21)24-13-12-16-6-9-19(10-7-16)27-18-4-2-1-3-5-18/h1-11,14-15H,12-13H2,(H,24,25,26). The summed E-state index contributed by atoms with van der Waals surface area (Å²) in [6.07, 6.45) is 2.30. The first kappa shape index (κ1) is 17.0. The average molecular weight is 359 g/mol. The van der Waals surface area contributed by atoms with Gasteiger partial charge in [0.25, 0.3) is 0 Å². The molecule has 0 fully saturated rings. The van der Waals surface area contributed by atoms with Crippen LogP contribution in [0.1, 0.15) is 5.56 Å². The number of fused-ring (bicyclic) bond motifs is 1. The van der Waals surface area contributed by atoms with Crippen LogP contribution < -0.4 is 10.1 Å². The summed E-state index contributed by atoms with van der Waals surface area (Å²) in [5, 5.41) is 3.95. The molecule has 0 bridgehead atoms. The fourth-order valence-corrected chi connectivity index (χ4v) is 2.84. The average Bonchev–Trinajstić information content (AvgIpc) is 2.70. The fourth-order valence-electron chi connectivity index (χ4n) is 2.84. The van der Waals surface area contributed by atoms with Gasteiger partial charge in [-0.15, -0.1) is 0 Å². The third-order valence-electron chi connectivity index (χ3n) is 4.21. The van der Waals surface area contributed by atoms with Gasteiger partial charge in [0.05, 0.1) is 5.52 Å². The van der Waals surface area contributed by atoms with Crippen molar-refractivity contribution in [1.29, 1.82) is 0 Å². The predicted molar refractivity (Wildman–Crippen MR) is 105 cm³/mol. The Hall–Kier alpha value is -3.47. The van der Waals surface area contributed by atoms with E-state index in [1.165, 1.54) is 24.0 Å². The molecule has 0 aliphatic rings. The van der Waals surface area contributed by atoms with Crippen LogP contribution in [-0.2, 0) is 6.42 Å². The van der Waals surface area contributed by atoms with Crippen LogP contribution in [-0.4, -0.2) is 16.5 Å². The zero-order chi connectivity index (χ0) is 18.5. The van der Waals surface area contributed by atoms with E-state index in [2.05, 4.69) is 15.3 Å². The molecule has 0 atom stereocenters. The van der Waals surface area contributed by atoms with Crippen molar-refractivity contribution in [2.45, 2.75) is 6.42 Å². The van der Waals surface area contributed by atoms with Crippen molar-refractivity contribution >= 4 is 16.7 Å². The molecule has 1 N–H and O–H groups in total. The first-order chi connectivity index (χ1) is 13.3. The zero-order valence-corrected chi connectivity index (χ0v) is 14.6. The largest absolute Gasteiger partial charge is 0.457 e. The summed E-state index contributed by atoms with van der Waals surface area (Å²) in [5.41, 5.74) is 1.89. The zero-order valence-electron chi connectivity index (χ0n) is 14.6. The number of aromatic nitrogens is 2. The molecular formula is C22H18FN3O. The van der Waals surface area contributed by atoms with Gasteiger partial charge < -0.3 is 10.1 Å². The Labute approximate surface area is 156 Å². The highest BCUT2D eigenvalue weighted by molar-refractivity contribution is 5.88. The lowest BCUT2D eigenvalue weighted by Gasteiger charge is -2.09. The van der Waals surface area contributed by atoms with E-state index in [1.807, 2.05) is 54.6 Å². The van der Waals surface area contributed by atoms with Crippen LogP contribution in [0.25, 0.3) is 10.9 Å². The Morgan fingerprint density at radius 1 is 0.852 bits per heavy atom. The lowest BCUT2D eigenvalue weighted by atomic mass is 10.1. The summed E-state index contributed by atoms with van der Waals surface area (Å²) >= 11 is 0. The van der Waals surface area contributed by atoms with Crippen LogP contribution in [0, 0.1) is 5.82 Å². The molecule has 0 spiro atoms. The highest BCUT2D eigenvalue weighted by atomic mass is 19.1. The van der Waals surface area contributed by atoms with Crippen molar-refractivity contribution < 1.29 is 9.13 Å². The first-order valence-corrected chi connectivity index (χ1v) is 8.74. The summed E-state index contributed by atoms with van der Waals surface area (Å²) in [7, 11) is 0. The summed E-state index contributed by atoms with van der Waals surface area (Å²) < 4.78 is 19.3. The van der Waals surface area contributed by atoms with Crippen molar-refractivity contribution in [3.8, 4) is 11.5 Å². The van der Waals surface area contributed by atoms with Gasteiger partial charge in [-0.25, -0.2) is 14.4 Å². The van der Waals surface area contributed by atoms with Gasteiger partial charge in [-0.05, 0) is 54.4 Å². The van der Waals surface area contributed by atoms with Gasteiger partial charge in [0.15, 0.2) is 0 Å². The maximum atomic E-state index is 13.5. The Morgan fingerprint density at radius 3 is 2.44 bits per heavy atom. The second-order valence-electron chi connectivity index (χ2n) is 6.12. The maximum absolute atomic E-state index is 13.5. The van der Waals surface area contributed by atoms with Crippen LogP contribution in [0.2, 0.25) is 0 Å². The van der Waals surface area contributed by atoms with Gasteiger partial charge in [-0.2, -0.15) is 0 Å². The molecule has 1 heterocycles. The SMILES string of the molecule is Fc1ccc2ncnc(NCCc3ccc(Oc4ccccc4)cc3)c2c1. The molecule has 4 rings (SSSR count). The number of benzene rings is 3. The van der Waals surface area contributed by atoms with Gasteiger partial charge in [0, 0.05) is 11.9 Å². The number of ether oxygens (including phenoxy) is 1. The summed E-state index contributed by atoms with van der Waals surface area (Å²) in [6, 6.07) is 22.2. The monoisotopic (exact) mass is 359 g/mol. The Bertz CT molecular complexity index is 1040. The van der Waals surface area contributed by atoms with Gasteiger partial charge in [0.2, 0.25) is 0 Å². The Kier molecular flexibility index (Phi) is 4.92. The number of rotatable bonds is 6. The number of para-hydroxylation sites is 1. The molecule has 4 aromatic rings. The highest BCUT2D eigenvalue weighted by Gasteiger charge is 2.05. The van der Waals surface area contributed by atoms with Crippen LogP contribution >= 0.6 is 0 Å². The molecule has 4 nitrogen and oxygen atoms in total. The molecule has 134 valence electrons. The van der Waals surface area contributed by atoms with E-state index < -0.39 is 0 Å². The molecule has 0 amide bonds. The lowest BCUT2D eigenvalue weighted by molar-refractivity contribution is 0.482. The van der Waals surface area contributed by atoms with E-state index in [1.54, 1.807) is 6.07 Å². The topological polar surface area (TPSA) is 47.0 Å². The quantitative estimate of drug-likeness (QED) is 0.513. The van der Waals surface area contributed by atoms with Gasteiger partial charge >= 0.3 is 0 Å². The molecule has 5 heteroatoms. The molecule has 0 saturated carbocycles. The molecule has 0 unspecified atom stereocenters. The minimum atomic E-state index is -0.297. The highest BCUT2D eigenvalue weighted by Crippen LogP contribution is 2.22. The first-order valence-electron chi connectivity index (χ1n) is 8.74. The molecule has 0 aliphatic heterocycles. The normalized spacial score (nSPS) is 10.7. The fraction of sp³-hybridized carbons (Fsp3) is 0.0909. The van der Waals surface area contributed by atoms with Crippen molar-refractivity contribution in [2.24, 2.45) is 0 Å². The second kappa shape index (κ2) is 7.83. The summed E-state index contributed by atoms with van der Waals surface area (Å²) in [4.78, 5) is 8.39. The van der Waals surface area contributed by atoms with E-state index in [9.17, 15) is 4.39 Å². The van der Waals surface area contributed by atoms with E-state index in [-0.39, 0.29) is 5.82 Å². The number of hydrogen-bond acceptors (Lipinski definition) is 4. The minimum Gasteiger partial charge on any atom is -0.457 e. The summed E-state index contributed by atoms with van der Waals surface area (Å²) in [5.74, 6) is 1.96. The van der Waals surface area contributed by atoms with Crippen molar-refractivity contribution in [2.75, 3.05) is 11.9 Å². The molecule has 0 saturated heterocycles. The molecule has 27 heavy (non-hydrogen) atoms. The molecule has 0 radical (unpaired) electrons. The maximum Gasteiger partial charge on any atom is 0.137 e. The molecular weight excluding hydrogens is 341 g/mol. The van der Waals surface area contributed by atoms with E-state index in [0.29, 0.717) is 17.7 Å². The molecule has 1 aromatic heterocycles. The molecule has 3 aromatic carbocycles. The van der Waals surface area contributed by atoms with Crippen molar-refractivity contribution in [3.05, 3.63) is 90.5 Å². The van der Waals surface area contributed by atoms with Crippen molar-refractivity contribution in [3.63, 3.8) is 0 Å². The number of anilines is 1. The predicted octanol–water partition coefficient (Wildman–Crippen LogP) is 5.22. The third kappa shape index (κ3) is 4.20. The van der Waals surface area contributed by atoms with Crippen molar-refractivity contribution in [1.82, 2.24) is 9.97 Å². The van der Waals surface area contributed by atoms with Gasteiger partial charge in [-0.3, -0.25) is 0 Å². The van der Waals surface area contributed by atoms with E-state index in [0.717, 1.165) is 23.4 Å². The van der Waals surface area contributed by atoms with E-state index >= 15 is 0 Å². The van der Waals surface area contributed by atoms with Crippen LogP contribution in [0.5, 0.6) is 11.5 Å². The van der Waals surface area contributed by atoms with Gasteiger partial charge in [0.1, 0.15) is 29.5 Å². The lowest BCUT2D eigenvalue weighted by Crippen LogP contribution is -2.07. The number of nitrogens with one attached hydrogen (secondary N) is 1. The number of nitrogens with zero attached hydrogens (tertiary/aromatic N) is 2. The van der Waals surface area contributed by atoms with Crippen LogP contribution in [0.15, 0.2) is 79.1 Å². The van der Waals surface area contributed by atoms with Crippen LogP contribution in [0.4, 0.5) is 10.2 Å². The smallest absolute Gasteiger partial charge is 0.137 e. The minimum absolute atomic E-state index is 0.297. The number of halogens is 1. The van der Waals surface area contributed by atoms with Gasteiger partial charge in [-0.1, -0.05) is 30.3 Å². The second-order valence-corrected chi connectivity index (χ2v) is 6.12.